The van der Waals surface area contributed by atoms with Gasteiger partial charge in [-0.3, -0.25) is 33.7 Å². The largest absolute Gasteiger partial charge is 0.507 e. The van der Waals surface area contributed by atoms with E-state index in [1.165, 1.54) is 26.2 Å². The number of fused-ring (bicyclic) bond motifs is 3. The van der Waals surface area contributed by atoms with Crippen molar-refractivity contribution in [2.75, 3.05) is 20.6 Å². The number of rotatable bonds is 5. The van der Waals surface area contributed by atoms with Gasteiger partial charge in [-0.2, -0.15) is 5.26 Å². The van der Waals surface area contributed by atoms with Crippen LogP contribution in [0.3, 0.4) is 0 Å². The molecular weight excluding hydrogens is 606 g/mol. The van der Waals surface area contributed by atoms with E-state index in [0.29, 0.717) is 0 Å². The number of primary amides is 1. The van der Waals surface area contributed by atoms with Crippen LogP contribution in [0.1, 0.15) is 42.7 Å². The van der Waals surface area contributed by atoms with Gasteiger partial charge in [-0.15, -0.1) is 0 Å². The molecule has 1 aromatic rings. The van der Waals surface area contributed by atoms with Crippen LogP contribution in [0.15, 0.2) is 18.2 Å². The summed E-state index contributed by atoms with van der Waals surface area (Å²) in [5.41, 5.74) is 15.6. The maximum absolute atomic E-state index is 14.6. The van der Waals surface area contributed by atoms with Gasteiger partial charge < -0.3 is 42.8 Å². The first kappa shape index (κ1) is 34.1. The number of phenols is 1. The fourth-order valence-corrected chi connectivity index (χ4v) is 7.02. The highest BCUT2D eigenvalue weighted by atomic mass is 16.6. The molecule has 2 fully saturated rings. The van der Waals surface area contributed by atoms with E-state index in [4.69, 9.17) is 32.4 Å². The summed E-state index contributed by atoms with van der Waals surface area (Å²) < 4.78 is 10.8. The number of nitrogens with one attached hydrogen (secondary N) is 1. The number of carbonyl (C=O) groups is 7. The molecule has 1 aromatic carbocycles. The van der Waals surface area contributed by atoms with Crippen molar-refractivity contribution in [3.8, 4) is 11.8 Å². The molecule has 3 aliphatic carbocycles. The highest BCUT2D eigenvalue weighted by Crippen LogP contribution is 2.59. The topological polar surface area (TPSA) is 301 Å². The second kappa shape index (κ2) is 10.9. The number of nitriles is 1. The number of alkyl carbamates (subject to hydrolysis) is 1. The quantitative estimate of drug-likeness (QED) is 0.141. The summed E-state index contributed by atoms with van der Waals surface area (Å²) in [7, 11) is 2.55. The number of nitrogens with zero attached hydrogens (tertiary/aromatic N) is 2. The van der Waals surface area contributed by atoms with Crippen LogP contribution < -0.4 is 28.3 Å². The third kappa shape index (κ3) is 4.47. The Kier molecular flexibility index (Phi) is 8.12. The summed E-state index contributed by atoms with van der Waals surface area (Å²) in [5.74, 6) is -13.6. The molecule has 46 heavy (non-hydrogen) atoms. The number of aromatic hydroxyl groups is 1. The molecule has 10 N–H and O–H groups in total. The van der Waals surface area contributed by atoms with Crippen molar-refractivity contribution in [1.82, 2.24) is 10.2 Å². The zero-order chi connectivity index (χ0) is 34.9. The maximum Gasteiger partial charge on any atom is 0.408 e. The fraction of sp³-hybridized carbons (Fsp3) is 0.517. The van der Waals surface area contributed by atoms with E-state index in [1.54, 1.807) is 26.8 Å². The number of Topliss-reactive ketones (excluding diaryl/α,β-unsaturated/α-hetero) is 4. The van der Waals surface area contributed by atoms with Gasteiger partial charge in [0.15, 0.2) is 34.5 Å². The number of amides is 2. The van der Waals surface area contributed by atoms with Gasteiger partial charge in [0, 0.05) is 0 Å². The van der Waals surface area contributed by atoms with E-state index >= 15 is 0 Å². The van der Waals surface area contributed by atoms with E-state index < -0.39 is 111 Å². The molecule has 3 unspecified atom stereocenters. The molecule has 4 rings (SSSR count). The summed E-state index contributed by atoms with van der Waals surface area (Å²) in [5, 5.41) is 23.4. The van der Waals surface area contributed by atoms with Gasteiger partial charge >= 0.3 is 12.1 Å². The molecule has 0 saturated heterocycles. The first-order chi connectivity index (χ1) is 21.1. The van der Waals surface area contributed by atoms with Gasteiger partial charge in [0.05, 0.1) is 29.3 Å². The highest BCUT2D eigenvalue weighted by Gasteiger charge is 2.84. The van der Waals surface area contributed by atoms with E-state index in [2.05, 4.69) is 5.32 Å². The number of carbonyl (C=O) groups excluding carboxylic acids is 7. The number of benzene rings is 1. The van der Waals surface area contributed by atoms with Crippen LogP contribution in [0.2, 0.25) is 0 Å². The summed E-state index contributed by atoms with van der Waals surface area (Å²) in [4.78, 5) is 95.9. The normalized spacial score (nSPS) is 33.7. The predicted molar refractivity (Wildman–Crippen MR) is 154 cm³/mol. The van der Waals surface area contributed by atoms with Crippen LogP contribution in [0.25, 0.3) is 0 Å². The molecule has 2 amide bonds. The Morgan fingerprint density at radius 3 is 2.24 bits per heavy atom. The van der Waals surface area contributed by atoms with Gasteiger partial charge in [0.2, 0.25) is 5.91 Å². The lowest BCUT2D eigenvalue weighted by Crippen LogP contribution is -2.92. The Balaban J connectivity index is 2.02. The van der Waals surface area contributed by atoms with Crippen molar-refractivity contribution in [2.24, 2.45) is 40.2 Å². The number of esters is 1. The van der Waals surface area contributed by atoms with Crippen molar-refractivity contribution in [3.05, 3.63) is 29.3 Å². The van der Waals surface area contributed by atoms with E-state index in [9.17, 15) is 43.9 Å². The smallest absolute Gasteiger partial charge is 0.408 e. The molecule has 0 bridgehead atoms. The van der Waals surface area contributed by atoms with Crippen LogP contribution in [-0.2, 0) is 33.4 Å². The van der Waals surface area contributed by atoms with Crippen LogP contribution in [0, 0.1) is 28.6 Å². The van der Waals surface area contributed by atoms with Crippen molar-refractivity contribution < 1.29 is 48.1 Å². The van der Waals surface area contributed by atoms with Crippen LogP contribution in [0.5, 0.6) is 5.75 Å². The molecule has 2 saturated carbocycles. The third-order valence-corrected chi connectivity index (χ3v) is 8.76. The molecule has 17 nitrogen and oxygen atoms in total. The van der Waals surface area contributed by atoms with E-state index in [-0.39, 0.29) is 5.56 Å². The van der Waals surface area contributed by atoms with Gasteiger partial charge in [0.1, 0.15) is 35.5 Å². The van der Waals surface area contributed by atoms with Gasteiger partial charge in [-0.25, -0.2) is 4.79 Å². The lowest BCUT2D eigenvalue weighted by molar-refractivity contribution is -0.194. The minimum atomic E-state index is -3.25. The van der Waals surface area contributed by atoms with E-state index in [1.807, 2.05) is 0 Å². The Morgan fingerprint density at radius 1 is 1.11 bits per heavy atom. The monoisotopic (exact) mass is 641 g/mol. The first-order valence-electron chi connectivity index (χ1n) is 14.0. The average molecular weight is 642 g/mol. The average Bonchev–Trinajstić information content (AvgIpc) is 2.92. The van der Waals surface area contributed by atoms with Crippen LogP contribution in [0.4, 0.5) is 4.79 Å². The SMILES string of the molecule is CN(C)[C@@H]1C(=O)C(C(N)=O)C(=O)[C@@]2(C#N)C(=O)C3C(=O)c4c(O)cccc4C(N)[C@@]3(N)[C@H](OC(=O)CNC(=O)OC(C)(C)C)[C@@]12N. The van der Waals surface area contributed by atoms with Crippen molar-refractivity contribution in [1.29, 1.82) is 5.26 Å². The third-order valence-electron chi connectivity index (χ3n) is 8.76. The van der Waals surface area contributed by atoms with Gasteiger partial charge in [0.25, 0.3) is 0 Å². The molecule has 0 aliphatic heterocycles. The number of ether oxygens (including phenoxy) is 2. The standard InChI is InChI=1S/C29H35N7O10/c1-26(2,3)46-25(44)35-9-13(38)45-24-28(33)16(17(39)14-11(19(28)31)7-6-8-12(14)37)22(42)27(10-30)21(41)15(23(32)43)18(40)20(36(4)5)29(24,27)34/h6-8,15-16,19-20,24,37H,9,31,33-34H2,1-5H3,(H2,32,43)(H,35,44)/t15?,16?,19?,20-,24+,27+,28-,29+/m1/s1. The Morgan fingerprint density at radius 2 is 1.72 bits per heavy atom. The minimum Gasteiger partial charge on any atom is -0.507 e. The van der Waals surface area contributed by atoms with Crippen LogP contribution >= 0.6 is 0 Å². The molecule has 8 atom stereocenters. The van der Waals surface area contributed by atoms with Crippen molar-refractivity contribution in [3.63, 3.8) is 0 Å². The van der Waals surface area contributed by atoms with Crippen molar-refractivity contribution >= 4 is 41.1 Å². The Hall–Kier alpha value is -4.76. The second-order valence-corrected chi connectivity index (χ2v) is 12.9. The lowest BCUT2D eigenvalue weighted by atomic mass is 9.41. The molecule has 0 radical (unpaired) electrons. The number of nitrogens with two attached hydrogens (primary N) is 4. The summed E-state index contributed by atoms with van der Waals surface area (Å²) in [6, 6.07) is 1.73. The number of hydrogen-bond acceptors (Lipinski definition) is 15. The zero-order valence-corrected chi connectivity index (χ0v) is 25.7. The first-order valence-corrected chi connectivity index (χ1v) is 14.0. The van der Waals surface area contributed by atoms with E-state index in [0.717, 1.165) is 11.0 Å². The zero-order valence-electron chi connectivity index (χ0n) is 25.7. The lowest BCUT2D eigenvalue weighted by Gasteiger charge is -2.64. The minimum absolute atomic E-state index is 0.0950. The second-order valence-electron chi connectivity index (χ2n) is 12.9. The molecule has 0 spiro atoms. The number of ketones is 4. The maximum atomic E-state index is 14.6. The summed E-state index contributed by atoms with van der Waals surface area (Å²) in [6.45, 7) is 3.79. The molecule has 17 heteroatoms. The molecule has 0 aromatic heterocycles. The predicted octanol–water partition coefficient (Wildman–Crippen LogP) is -2.69. The van der Waals surface area contributed by atoms with Gasteiger partial charge in [-0.1, -0.05) is 12.1 Å². The van der Waals surface area contributed by atoms with Gasteiger partial charge in [-0.05, 0) is 46.5 Å². The summed E-state index contributed by atoms with van der Waals surface area (Å²) >= 11 is 0. The number of phenolic OH excluding ortho intramolecular Hbond substituents is 1. The fourth-order valence-electron chi connectivity index (χ4n) is 7.02. The molecule has 246 valence electrons. The molecule has 0 heterocycles. The number of hydrogen-bond donors (Lipinski definition) is 6. The number of likely N-dealkylation sites (N-methyl/N-ethyl adjacent to an activating group) is 1. The Bertz CT molecular complexity index is 1630. The van der Waals surface area contributed by atoms with Crippen LogP contribution in [-0.4, -0.2) is 101 Å². The van der Waals surface area contributed by atoms with Crippen molar-refractivity contribution in [2.45, 2.75) is 55.6 Å². The summed E-state index contributed by atoms with van der Waals surface area (Å²) in [6.07, 6.45) is -3.32. The molecular formula is C29H35N7O10. The Labute approximate surface area is 262 Å². The molecule has 3 aliphatic rings. The highest BCUT2D eigenvalue weighted by molar-refractivity contribution is 6.33.